The van der Waals surface area contributed by atoms with Crippen molar-refractivity contribution in [1.29, 1.82) is 0 Å². The maximum atomic E-state index is 15.4. The first-order chi connectivity index (χ1) is 39.5. The first kappa shape index (κ1) is 57.0. The highest BCUT2D eigenvalue weighted by Gasteiger charge is 2.45. The number of para-hydroxylation sites is 1. The van der Waals surface area contributed by atoms with Crippen LogP contribution in [0.3, 0.4) is 0 Å². The van der Waals surface area contributed by atoms with Crippen molar-refractivity contribution in [2.24, 2.45) is 5.73 Å². The Morgan fingerprint density at radius 1 is 0.642 bits per heavy atom. The second kappa shape index (κ2) is 28.0. The molecule has 5 heterocycles. The number of aromatic amines is 1. The summed E-state index contributed by atoms with van der Waals surface area (Å²) in [5, 5.41) is 21.5. The second-order valence-corrected chi connectivity index (χ2v) is 20.6. The van der Waals surface area contributed by atoms with Gasteiger partial charge in [-0.25, -0.2) is 4.79 Å². The lowest BCUT2D eigenvalue weighted by Crippen LogP contribution is -2.63. The molecule has 0 saturated carbocycles. The van der Waals surface area contributed by atoms with E-state index in [9.17, 15) is 4.79 Å². The number of piperazine rings is 1. The highest BCUT2D eigenvalue weighted by molar-refractivity contribution is 5.99. The van der Waals surface area contributed by atoms with Gasteiger partial charge in [-0.15, -0.1) is 0 Å². The van der Waals surface area contributed by atoms with Crippen molar-refractivity contribution in [2.45, 2.75) is 87.5 Å². The van der Waals surface area contributed by atoms with E-state index in [4.69, 9.17) is 15.2 Å². The number of aromatic nitrogens is 2. The molecule has 424 valence electrons. The van der Waals surface area contributed by atoms with Crippen LogP contribution in [0.2, 0.25) is 0 Å². The van der Waals surface area contributed by atoms with E-state index in [1.54, 1.807) is 55.0 Å². The van der Waals surface area contributed by atoms with Gasteiger partial charge in [0.1, 0.15) is 54.7 Å². The van der Waals surface area contributed by atoms with Gasteiger partial charge in [0, 0.05) is 101 Å². The Balaban J connectivity index is 1.10. The number of hydrogen-bond acceptors (Lipinski definition) is 13. The number of aryl methyl sites for hydroxylation is 1. The third-order valence-electron chi connectivity index (χ3n) is 14.8. The third-order valence-corrected chi connectivity index (χ3v) is 14.8. The summed E-state index contributed by atoms with van der Waals surface area (Å²) in [7, 11) is 0. The number of nitrogens with two attached hydrogens (primary N) is 1. The average molecular weight is 1100 g/mol. The highest BCUT2D eigenvalue weighted by atomic mass is 16.6. The first-order valence-corrected chi connectivity index (χ1v) is 27.6. The standard InChI is InChI=1S/C60H70N12O9/c61-23-25-64-60(79)81-45-33-53-58(77)66-48(22-19-39-10-3-1-4-11-39)54(73)68-50(32-43-35-65-47-16-8-7-15-46(43)47)56(75)70-52(37-71-28-26-62-27-29-71)57(76)67-49(30-40-17-20-44(21-18-40)80-38-41-12-5-2-6-13-41)55(74)69-51(59(78)72(53)36-45)31-42-14-9-24-63-34-42/h1-18,20-21,24,34-35,45,48-53,62,65H,19,22-23,25-33,36-38,61H2,(H,64,79)(H,66,77)(H,67,76)(H,68,73)(H,69,74)(H,70,75)/t45-,48+,49+,50+,51+,52+,53+/m1/s1. The van der Waals surface area contributed by atoms with Gasteiger partial charge in [-0.1, -0.05) is 97.1 Å². The number of amides is 7. The predicted molar refractivity (Wildman–Crippen MR) is 302 cm³/mol. The lowest BCUT2D eigenvalue weighted by molar-refractivity contribution is -0.143. The van der Waals surface area contributed by atoms with Gasteiger partial charge in [0.15, 0.2) is 0 Å². The number of ether oxygens (including phenoxy) is 2. The van der Waals surface area contributed by atoms with Crippen molar-refractivity contribution in [3.05, 3.63) is 168 Å². The summed E-state index contributed by atoms with van der Waals surface area (Å²) in [6, 6.07) is 29.3. The van der Waals surface area contributed by atoms with Crippen LogP contribution < -0.4 is 47.7 Å². The minimum absolute atomic E-state index is 0.0204. The van der Waals surface area contributed by atoms with E-state index in [2.05, 4.69) is 47.2 Å². The van der Waals surface area contributed by atoms with Crippen LogP contribution in [0.5, 0.6) is 5.75 Å². The van der Waals surface area contributed by atoms with Gasteiger partial charge in [-0.2, -0.15) is 0 Å². The lowest BCUT2D eigenvalue weighted by Gasteiger charge is -2.33. The van der Waals surface area contributed by atoms with Gasteiger partial charge in [0.2, 0.25) is 35.4 Å². The van der Waals surface area contributed by atoms with E-state index < -0.39 is 83.9 Å². The molecule has 7 amide bonds. The highest BCUT2D eigenvalue weighted by Crippen LogP contribution is 2.25. The van der Waals surface area contributed by atoms with Gasteiger partial charge in [0.25, 0.3) is 0 Å². The smallest absolute Gasteiger partial charge is 0.407 e. The van der Waals surface area contributed by atoms with Crippen LogP contribution in [0.1, 0.15) is 40.7 Å². The number of H-pyrrole nitrogens is 1. The number of benzene rings is 4. The molecular weight excluding hydrogens is 1030 g/mol. The molecule has 21 heteroatoms. The van der Waals surface area contributed by atoms with E-state index in [0.717, 1.165) is 22.0 Å². The van der Waals surface area contributed by atoms with Crippen LogP contribution in [0, 0.1) is 0 Å². The Morgan fingerprint density at radius 2 is 1.26 bits per heavy atom. The molecule has 3 fully saturated rings. The summed E-state index contributed by atoms with van der Waals surface area (Å²) in [4.78, 5) is 115. The fourth-order valence-corrected chi connectivity index (χ4v) is 10.5. The van der Waals surface area contributed by atoms with Crippen molar-refractivity contribution >= 4 is 52.4 Å². The van der Waals surface area contributed by atoms with Gasteiger partial charge < -0.3 is 62.3 Å². The van der Waals surface area contributed by atoms with Crippen LogP contribution in [0.25, 0.3) is 10.9 Å². The molecule has 3 aliphatic rings. The zero-order valence-corrected chi connectivity index (χ0v) is 45.0. The third kappa shape index (κ3) is 15.8. The summed E-state index contributed by atoms with van der Waals surface area (Å²) >= 11 is 0. The summed E-state index contributed by atoms with van der Waals surface area (Å²) in [6.07, 6.45) is 3.13. The van der Waals surface area contributed by atoms with Crippen molar-refractivity contribution in [2.75, 3.05) is 52.4 Å². The van der Waals surface area contributed by atoms with Gasteiger partial charge >= 0.3 is 6.09 Å². The number of pyridine rings is 1. The monoisotopic (exact) mass is 1100 g/mol. The molecule has 81 heavy (non-hydrogen) atoms. The van der Waals surface area contributed by atoms with E-state index in [0.29, 0.717) is 61.6 Å². The Bertz CT molecular complexity index is 3090. The summed E-state index contributed by atoms with van der Waals surface area (Å²) in [5.41, 5.74) is 10.2. The summed E-state index contributed by atoms with van der Waals surface area (Å²) in [6.45, 7) is 2.73. The fourth-order valence-electron chi connectivity index (χ4n) is 10.5. The Kier molecular flexibility index (Phi) is 19.7. The van der Waals surface area contributed by atoms with Crippen molar-refractivity contribution in [1.82, 2.24) is 57.0 Å². The Hall–Kier alpha value is -8.66. The van der Waals surface area contributed by atoms with Crippen LogP contribution in [-0.4, -0.2) is 156 Å². The summed E-state index contributed by atoms with van der Waals surface area (Å²) < 4.78 is 11.8. The topological polar surface area (TPSA) is 283 Å². The first-order valence-electron chi connectivity index (χ1n) is 27.6. The van der Waals surface area contributed by atoms with Crippen molar-refractivity contribution in [3.63, 3.8) is 0 Å². The lowest BCUT2D eigenvalue weighted by atomic mass is 10.0. The molecule has 2 aromatic heterocycles. The molecule has 9 rings (SSSR count). The maximum Gasteiger partial charge on any atom is 0.407 e. The zero-order chi connectivity index (χ0) is 56.5. The van der Waals surface area contributed by atoms with E-state index in [1.807, 2.05) is 89.8 Å². The largest absolute Gasteiger partial charge is 0.489 e. The van der Waals surface area contributed by atoms with Gasteiger partial charge in [-0.05, 0) is 64.9 Å². The molecule has 0 unspecified atom stereocenters. The molecule has 10 N–H and O–H groups in total. The van der Waals surface area contributed by atoms with Gasteiger partial charge in [-0.3, -0.25) is 38.7 Å². The molecule has 21 nitrogen and oxygen atoms in total. The maximum absolute atomic E-state index is 15.4. The number of carbonyl (C=O) groups excluding carboxylic acids is 7. The van der Waals surface area contributed by atoms with Crippen LogP contribution in [0.4, 0.5) is 4.79 Å². The number of rotatable bonds is 17. The molecule has 4 aromatic carbocycles. The molecule has 0 radical (unpaired) electrons. The molecular formula is C60H70N12O9. The average Bonchev–Trinajstić information content (AvgIpc) is 4.11. The van der Waals surface area contributed by atoms with Gasteiger partial charge in [0.05, 0.1) is 6.54 Å². The van der Waals surface area contributed by atoms with Crippen LogP contribution in [-0.2, 0) is 65.8 Å². The number of alkyl carbamates (subject to hydrolysis) is 1. The minimum atomic E-state index is -1.37. The second-order valence-electron chi connectivity index (χ2n) is 20.6. The van der Waals surface area contributed by atoms with Crippen LogP contribution >= 0.6 is 0 Å². The zero-order valence-electron chi connectivity index (χ0n) is 45.0. The van der Waals surface area contributed by atoms with Crippen molar-refractivity contribution in [3.8, 4) is 5.75 Å². The Morgan fingerprint density at radius 3 is 1.98 bits per heavy atom. The normalized spacial score (nSPS) is 22.5. The SMILES string of the molecule is NCCNC(=O)O[C@@H]1C[C@H]2C(=O)N[C@@H](CCc3ccccc3)C(=O)N[C@@H](Cc3c[nH]c4ccccc34)C(=O)N[C@@H](CN3CCNCC3)C(=O)N[C@@H](Cc3ccc(OCc4ccccc4)cc3)C(=O)N[C@@H](Cc3cccnc3)C(=O)N2C1. The molecule has 3 saturated heterocycles. The molecule has 0 spiro atoms. The molecule has 0 bridgehead atoms. The number of carbonyl (C=O) groups is 7. The molecule has 6 aromatic rings. The quantitative estimate of drug-likeness (QED) is 0.0631. The number of fused-ring (bicyclic) bond motifs is 2. The Labute approximate surface area is 469 Å². The number of nitrogens with zero attached hydrogens (tertiary/aromatic N) is 3. The van der Waals surface area contributed by atoms with E-state index in [1.165, 1.54) is 4.90 Å². The predicted octanol–water partition coefficient (Wildman–Crippen LogP) is 1.80. The van der Waals surface area contributed by atoms with Crippen LogP contribution in [0.15, 0.2) is 140 Å². The minimum Gasteiger partial charge on any atom is -0.489 e. The molecule has 3 aliphatic heterocycles. The van der Waals surface area contributed by atoms with E-state index >= 15 is 28.8 Å². The molecule has 0 aliphatic carbocycles. The number of hydrogen-bond donors (Lipinski definition) is 9. The number of nitrogens with one attached hydrogen (secondary N) is 8. The molecule has 7 atom stereocenters. The van der Waals surface area contributed by atoms with E-state index in [-0.39, 0.29) is 58.3 Å². The fraction of sp³-hybridized carbons (Fsp3) is 0.367. The summed E-state index contributed by atoms with van der Waals surface area (Å²) in [5.74, 6) is -3.63. The van der Waals surface area contributed by atoms with Crippen molar-refractivity contribution < 1.29 is 43.0 Å².